The Morgan fingerprint density at radius 1 is 1.47 bits per heavy atom. The first-order valence-electron chi connectivity index (χ1n) is 6.36. The van der Waals surface area contributed by atoms with Crippen molar-refractivity contribution < 1.29 is 14.3 Å². The molecule has 1 aromatic carbocycles. The summed E-state index contributed by atoms with van der Waals surface area (Å²) in [6, 6.07) is 7.17. The monoisotopic (exact) mass is 266 g/mol. The fourth-order valence-electron chi connectivity index (χ4n) is 1.68. The minimum absolute atomic E-state index is 0.346. The third-order valence-electron chi connectivity index (χ3n) is 2.86. The molecule has 19 heavy (non-hydrogen) atoms. The van der Waals surface area contributed by atoms with E-state index in [0.29, 0.717) is 19.6 Å². The summed E-state index contributed by atoms with van der Waals surface area (Å²) in [6.45, 7) is 2.80. The molecule has 0 fully saturated rings. The molecule has 0 spiro atoms. The van der Waals surface area contributed by atoms with E-state index >= 15 is 0 Å². The topological polar surface area (TPSA) is 64.8 Å². The number of esters is 1. The minimum atomic E-state index is -0.576. The number of carbonyl (C=O) groups excluding carboxylic acids is 1. The molecular weight excluding hydrogens is 244 g/mol. The predicted molar refractivity (Wildman–Crippen MR) is 75.5 cm³/mol. The number of carbonyl (C=O) groups is 1. The average molecular weight is 266 g/mol. The Hall–Kier alpha value is -1.75. The standard InChI is InChI=1S/C14H22N2O3/c1-4-19-14(17)13(15)8-9-16(2)11-6-5-7-12(10-11)18-3/h5-7,10,13H,4,8-9,15H2,1-3H3. The fraction of sp³-hybridized carbons (Fsp3) is 0.500. The molecule has 0 aromatic heterocycles. The van der Waals surface area contributed by atoms with Crippen LogP contribution in [0.2, 0.25) is 0 Å². The van der Waals surface area contributed by atoms with E-state index in [1.54, 1.807) is 14.0 Å². The average Bonchev–Trinajstić information content (AvgIpc) is 2.44. The van der Waals surface area contributed by atoms with Crippen LogP contribution in [0.25, 0.3) is 0 Å². The second-order valence-electron chi connectivity index (χ2n) is 4.27. The van der Waals surface area contributed by atoms with E-state index in [-0.39, 0.29) is 5.97 Å². The molecule has 0 saturated carbocycles. The van der Waals surface area contributed by atoms with Gasteiger partial charge in [-0.25, -0.2) is 0 Å². The number of nitrogens with zero attached hydrogens (tertiary/aromatic N) is 1. The zero-order valence-corrected chi connectivity index (χ0v) is 11.8. The SMILES string of the molecule is CCOC(=O)C(N)CCN(C)c1cccc(OC)c1. The Kier molecular flexibility index (Phi) is 6.15. The van der Waals surface area contributed by atoms with Crippen molar-refractivity contribution in [1.29, 1.82) is 0 Å². The number of ether oxygens (including phenoxy) is 2. The first-order chi connectivity index (χ1) is 9.08. The van der Waals surface area contributed by atoms with Gasteiger partial charge in [0.2, 0.25) is 0 Å². The molecule has 5 heteroatoms. The molecule has 0 aliphatic rings. The minimum Gasteiger partial charge on any atom is -0.497 e. The van der Waals surface area contributed by atoms with Gasteiger partial charge in [0.05, 0.1) is 13.7 Å². The molecular formula is C14H22N2O3. The van der Waals surface area contributed by atoms with Crippen LogP contribution in [0.3, 0.4) is 0 Å². The highest BCUT2D eigenvalue weighted by molar-refractivity contribution is 5.75. The zero-order chi connectivity index (χ0) is 14.3. The Morgan fingerprint density at radius 2 is 2.21 bits per heavy atom. The van der Waals surface area contributed by atoms with E-state index < -0.39 is 6.04 Å². The lowest BCUT2D eigenvalue weighted by Gasteiger charge is -2.21. The first kappa shape index (κ1) is 15.3. The van der Waals surface area contributed by atoms with Crippen molar-refractivity contribution in [3.8, 4) is 5.75 Å². The third-order valence-corrected chi connectivity index (χ3v) is 2.86. The summed E-state index contributed by atoms with van der Waals surface area (Å²) in [7, 11) is 3.59. The lowest BCUT2D eigenvalue weighted by Crippen LogP contribution is -2.36. The van der Waals surface area contributed by atoms with Crippen LogP contribution in [0.1, 0.15) is 13.3 Å². The van der Waals surface area contributed by atoms with Gasteiger partial charge in [0.15, 0.2) is 0 Å². The quantitative estimate of drug-likeness (QED) is 0.756. The molecule has 1 unspecified atom stereocenters. The molecule has 2 N–H and O–H groups in total. The van der Waals surface area contributed by atoms with Gasteiger partial charge in [-0.15, -0.1) is 0 Å². The van der Waals surface area contributed by atoms with Crippen molar-refractivity contribution in [2.24, 2.45) is 5.73 Å². The van der Waals surface area contributed by atoms with Crippen molar-refractivity contribution in [2.45, 2.75) is 19.4 Å². The summed E-state index contributed by atoms with van der Waals surface area (Å²) in [5, 5.41) is 0. The van der Waals surface area contributed by atoms with Crippen LogP contribution in [0, 0.1) is 0 Å². The zero-order valence-electron chi connectivity index (χ0n) is 11.8. The summed E-state index contributed by atoms with van der Waals surface area (Å²) in [5.74, 6) is 0.459. The molecule has 1 atom stereocenters. The van der Waals surface area contributed by atoms with E-state index in [0.717, 1.165) is 11.4 Å². The summed E-state index contributed by atoms with van der Waals surface area (Å²) in [6.07, 6.45) is 0.548. The molecule has 5 nitrogen and oxygen atoms in total. The van der Waals surface area contributed by atoms with Gasteiger partial charge in [0.1, 0.15) is 11.8 Å². The van der Waals surface area contributed by atoms with Gasteiger partial charge in [0.25, 0.3) is 0 Å². The molecule has 0 aliphatic carbocycles. The van der Waals surface area contributed by atoms with Crippen molar-refractivity contribution in [3.63, 3.8) is 0 Å². The Labute approximate surface area is 114 Å². The number of hydrogen-bond acceptors (Lipinski definition) is 5. The van der Waals surface area contributed by atoms with E-state index in [9.17, 15) is 4.79 Å². The Bertz CT molecular complexity index is 409. The highest BCUT2D eigenvalue weighted by Gasteiger charge is 2.15. The number of hydrogen-bond donors (Lipinski definition) is 1. The van der Waals surface area contributed by atoms with Gasteiger partial charge in [0, 0.05) is 25.3 Å². The number of anilines is 1. The highest BCUT2D eigenvalue weighted by atomic mass is 16.5. The van der Waals surface area contributed by atoms with Crippen molar-refractivity contribution >= 4 is 11.7 Å². The largest absolute Gasteiger partial charge is 0.497 e. The smallest absolute Gasteiger partial charge is 0.322 e. The summed E-state index contributed by atoms with van der Waals surface area (Å²) >= 11 is 0. The fourth-order valence-corrected chi connectivity index (χ4v) is 1.68. The summed E-state index contributed by atoms with van der Waals surface area (Å²) < 4.78 is 10.1. The Balaban J connectivity index is 2.50. The number of methoxy groups -OCH3 is 1. The van der Waals surface area contributed by atoms with Crippen LogP contribution in [0.15, 0.2) is 24.3 Å². The van der Waals surface area contributed by atoms with E-state index in [1.165, 1.54) is 0 Å². The van der Waals surface area contributed by atoms with Crippen molar-refractivity contribution in [2.75, 3.05) is 32.2 Å². The second kappa shape index (κ2) is 7.63. The molecule has 1 rings (SSSR count). The van der Waals surface area contributed by atoms with Crippen molar-refractivity contribution in [3.05, 3.63) is 24.3 Å². The molecule has 0 radical (unpaired) electrons. The van der Waals surface area contributed by atoms with Crippen LogP contribution in [0.5, 0.6) is 5.75 Å². The van der Waals surface area contributed by atoms with Crippen molar-refractivity contribution in [1.82, 2.24) is 0 Å². The molecule has 106 valence electrons. The van der Waals surface area contributed by atoms with Gasteiger partial charge in [-0.3, -0.25) is 4.79 Å². The first-order valence-corrected chi connectivity index (χ1v) is 6.36. The van der Waals surface area contributed by atoms with Crippen LogP contribution in [-0.2, 0) is 9.53 Å². The number of nitrogens with two attached hydrogens (primary N) is 1. The second-order valence-corrected chi connectivity index (χ2v) is 4.27. The summed E-state index contributed by atoms with van der Waals surface area (Å²) in [5.41, 5.74) is 6.78. The van der Waals surface area contributed by atoms with E-state index in [2.05, 4.69) is 0 Å². The molecule has 1 aromatic rings. The summed E-state index contributed by atoms with van der Waals surface area (Å²) in [4.78, 5) is 13.4. The molecule has 0 heterocycles. The van der Waals surface area contributed by atoms with Crippen LogP contribution in [-0.4, -0.2) is 39.3 Å². The van der Waals surface area contributed by atoms with Gasteiger partial charge in [-0.05, 0) is 25.5 Å². The molecule has 0 bridgehead atoms. The van der Waals surface area contributed by atoms with Crippen LogP contribution in [0.4, 0.5) is 5.69 Å². The van der Waals surface area contributed by atoms with Crippen LogP contribution >= 0.6 is 0 Å². The predicted octanol–water partition coefficient (Wildman–Crippen LogP) is 1.41. The van der Waals surface area contributed by atoms with E-state index in [4.69, 9.17) is 15.2 Å². The third kappa shape index (κ3) is 4.79. The van der Waals surface area contributed by atoms with Gasteiger partial charge >= 0.3 is 5.97 Å². The lowest BCUT2D eigenvalue weighted by molar-refractivity contribution is -0.144. The maximum atomic E-state index is 11.4. The number of rotatable bonds is 7. The maximum Gasteiger partial charge on any atom is 0.322 e. The Morgan fingerprint density at radius 3 is 2.84 bits per heavy atom. The molecule has 0 amide bonds. The molecule has 0 aliphatic heterocycles. The highest BCUT2D eigenvalue weighted by Crippen LogP contribution is 2.20. The van der Waals surface area contributed by atoms with Gasteiger partial charge in [-0.1, -0.05) is 6.07 Å². The molecule has 0 saturated heterocycles. The maximum absolute atomic E-state index is 11.4. The van der Waals surface area contributed by atoms with Crippen LogP contribution < -0.4 is 15.4 Å². The van der Waals surface area contributed by atoms with E-state index in [1.807, 2.05) is 36.2 Å². The van der Waals surface area contributed by atoms with Gasteiger partial charge < -0.3 is 20.1 Å². The number of benzene rings is 1. The lowest BCUT2D eigenvalue weighted by atomic mass is 10.2. The normalized spacial score (nSPS) is 11.8. The van der Waals surface area contributed by atoms with Gasteiger partial charge in [-0.2, -0.15) is 0 Å².